The van der Waals surface area contributed by atoms with Crippen LogP contribution in [0.2, 0.25) is 0 Å². The van der Waals surface area contributed by atoms with Crippen LogP contribution in [0.5, 0.6) is 0 Å². The van der Waals surface area contributed by atoms with Crippen LogP contribution in [0.3, 0.4) is 0 Å². The Labute approximate surface area is 59.7 Å². The van der Waals surface area contributed by atoms with Crippen molar-refractivity contribution < 1.29 is 0 Å². The van der Waals surface area contributed by atoms with Crippen molar-refractivity contribution in [2.75, 3.05) is 0 Å². The third-order valence-electron chi connectivity index (χ3n) is 1.47. The first kappa shape index (κ1) is 6.58. The molecule has 48 valence electrons. The normalized spacial score (nSPS) is 19.4. The van der Waals surface area contributed by atoms with Gasteiger partial charge in [0.05, 0.1) is 12.1 Å². The summed E-state index contributed by atoms with van der Waals surface area (Å²) in [7, 11) is 0. The van der Waals surface area contributed by atoms with Gasteiger partial charge in [-0.2, -0.15) is 10.5 Å². The molecule has 0 spiro atoms. The van der Waals surface area contributed by atoms with Crippen molar-refractivity contribution in [3.63, 3.8) is 0 Å². The summed E-state index contributed by atoms with van der Waals surface area (Å²) in [5.74, 6) is 0. The van der Waals surface area contributed by atoms with Crippen LogP contribution >= 0.6 is 0 Å². The number of hydrogen-bond donors (Lipinski definition) is 0. The topological polar surface area (TPSA) is 47.6 Å². The van der Waals surface area contributed by atoms with Gasteiger partial charge in [0, 0.05) is 6.42 Å². The predicted octanol–water partition coefficient (Wildman–Crippen LogP) is 1.54. The first-order valence-electron chi connectivity index (χ1n) is 3.00. The first-order chi connectivity index (χ1) is 4.83. The van der Waals surface area contributed by atoms with Crippen LogP contribution < -0.4 is 0 Å². The van der Waals surface area contributed by atoms with E-state index >= 15 is 0 Å². The summed E-state index contributed by atoms with van der Waals surface area (Å²) < 4.78 is 0. The minimum Gasteiger partial charge on any atom is -0.196 e. The van der Waals surface area contributed by atoms with E-state index in [1.54, 1.807) is 12.2 Å². The summed E-state index contributed by atoms with van der Waals surface area (Å²) in [5.41, 5.74) is -0.894. The third-order valence-corrected chi connectivity index (χ3v) is 1.47. The van der Waals surface area contributed by atoms with E-state index in [1.165, 1.54) is 0 Å². The highest BCUT2D eigenvalue weighted by Crippen LogP contribution is 2.25. The van der Waals surface area contributed by atoms with Crippen molar-refractivity contribution in [3.8, 4) is 12.1 Å². The molecule has 0 unspecified atom stereocenters. The Morgan fingerprint density at radius 2 is 1.90 bits per heavy atom. The van der Waals surface area contributed by atoms with Crippen molar-refractivity contribution in [1.82, 2.24) is 0 Å². The number of nitrogens with zero attached hydrogens (tertiary/aromatic N) is 2. The molecule has 0 bridgehead atoms. The van der Waals surface area contributed by atoms with Crippen molar-refractivity contribution in [2.45, 2.75) is 6.42 Å². The van der Waals surface area contributed by atoms with Gasteiger partial charge >= 0.3 is 0 Å². The molecule has 0 saturated heterocycles. The molecule has 0 saturated carbocycles. The zero-order valence-electron chi connectivity index (χ0n) is 5.41. The molecule has 0 heterocycles. The fourth-order valence-electron chi connectivity index (χ4n) is 0.811. The van der Waals surface area contributed by atoms with Crippen LogP contribution in [0.4, 0.5) is 0 Å². The van der Waals surface area contributed by atoms with E-state index in [9.17, 15) is 0 Å². The smallest absolute Gasteiger partial charge is 0.165 e. The van der Waals surface area contributed by atoms with Gasteiger partial charge in [-0.15, -0.1) is 0 Å². The van der Waals surface area contributed by atoms with Crippen molar-refractivity contribution in [1.29, 1.82) is 10.5 Å². The van der Waals surface area contributed by atoms with Crippen molar-refractivity contribution >= 4 is 0 Å². The molecule has 0 aromatic carbocycles. The molecule has 2 heteroatoms. The summed E-state index contributed by atoms with van der Waals surface area (Å²) in [6.07, 6.45) is 7.54. The van der Waals surface area contributed by atoms with Crippen LogP contribution in [0.15, 0.2) is 24.3 Å². The second kappa shape index (κ2) is 2.37. The highest BCUT2D eigenvalue weighted by molar-refractivity contribution is 5.31. The molecule has 0 aromatic heterocycles. The fraction of sp³-hybridized carbons (Fsp3) is 0.250. The highest BCUT2D eigenvalue weighted by atomic mass is 14.4. The Morgan fingerprint density at radius 1 is 1.20 bits per heavy atom. The second-order valence-corrected chi connectivity index (χ2v) is 2.19. The maximum atomic E-state index is 8.58. The molecule has 0 N–H and O–H groups in total. The molecule has 1 rings (SSSR count). The van der Waals surface area contributed by atoms with Crippen LogP contribution in [-0.2, 0) is 0 Å². The Balaban J connectivity index is 2.93. The van der Waals surface area contributed by atoms with E-state index in [4.69, 9.17) is 10.5 Å². The van der Waals surface area contributed by atoms with Crippen LogP contribution in [0, 0.1) is 28.1 Å². The number of hydrogen-bond acceptors (Lipinski definition) is 2. The molecule has 0 amide bonds. The van der Waals surface area contributed by atoms with E-state index in [1.807, 2.05) is 24.3 Å². The highest BCUT2D eigenvalue weighted by Gasteiger charge is 2.25. The zero-order chi connectivity index (χ0) is 7.45. The average molecular weight is 130 g/mol. The molecule has 1 aliphatic carbocycles. The summed E-state index contributed by atoms with van der Waals surface area (Å²) in [4.78, 5) is 0. The monoisotopic (exact) mass is 130 g/mol. The third kappa shape index (κ3) is 0.921. The minimum atomic E-state index is -0.894. The van der Waals surface area contributed by atoms with Crippen molar-refractivity contribution in [2.24, 2.45) is 5.41 Å². The van der Waals surface area contributed by atoms with E-state index < -0.39 is 5.41 Å². The summed E-state index contributed by atoms with van der Waals surface area (Å²) in [6, 6.07) is 3.94. The second-order valence-electron chi connectivity index (χ2n) is 2.19. The van der Waals surface area contributed by atoms with Gasteiger partial charge in [0.15, 0.2) is 5.41 Å². The molecule has 0 atom stereocenters. The summed E-state index contributed by atoms with van der Waals surface area (Å²) in [5, 5.41) is 17.2. The van der Waals surface area contributed by atoms with Crippen LogP contribution in [0.25, 0.3) is 0 Å². The van der Waals surface area contributed by atoms with Gasteiger partial charge in [0.2, 0.25) is 0 Å². The lowest BCUT2D eigenvalue weighted by molar-refractivity contribution is 0.668. The lowest BCUT2D eigenvalue weighted by Gasteiger charge is -2.12. The van der Waals surface area contributed by atoms with E-state index in [2.05, 4.69) is 0 Å². The van der Waals surface area contributed by atoms with Gasteiger partial charge in [0.25, 0.3) is 0 Å². The maximum absolute atomic E-state index is 8.58. The SMILES string of the molecule is N#CC1(C#N)C=CC=CC1. The molecule has 1 aliphatic rings. The lowest BCUT2D eigenvalue weighted by atomic mass is 9.85. The van der Waals surface area contributed by atoms with E-state index in [0.717, 1.165) is 0 Å². The lowest BCUT2D eigenvalue weighted by Crippen LogP contribution is -2.12. The fourth-order valence-corrected chi connectivity index (χ4v) is 0.811. The van der Waals surface area contributed by atoms with Gasteiger partial charge in [-0.25, -0.2) is 0 Å². The quantitative estimate of drug-likeness (QED) is 0.499. The Morgan fingerprint density at radius 3 is 2.20 bits per heavy atom. The number of nitriles is 2. The van der Waals surface area contributed by atoms with E-state index in [0.29, 0.717) is 6.42 Å². The van der Waals surface area contributed by atoms with Gasteiger partial charge in [-0.3, -0.25) is 0 Å². The number of rotatable bonds is 0. The molecule has 0 aliphatic heterocycles. The van der Waals surface area contributed by atoms with Crippen LogP contribution in [0.1, 0.15) is 6.42 Å². The molecular weight excluding hydrogens is 124 g/mol. The molecule has 10 heavy (non-hydrogen) atoms. The maximum Gasteiger partial charge on any atom is 0.165 e. The number of allylic oxidation sites excluding steroid dienone is 4. The Kier molecular flexibility index (Phi) is 1.56. The molecule has 2 nitrogen and oxygen atoms in total. The molecule has 0 fully saturated rings. The molecule has 0 radical (unpaired) electrons. The van der Waals surface area contributed by atoms with E-state index in [-0.39, 0.29) is 0 Å². The minimum absolute atomic E-state index is 0.510. The van der Waals surface area contributed by atoms with Gasteiger partial charge < -0.3 is 0 Å². The van der Waals surface area contributed by atoms with Gasteiger partial charge in [0.1, 0.15) is 0 Å². The van der Waals surface area contributed by atoms with Gasteiger partial charge in [-0.05, 0) is 6.08 Å². The predicted molar refractivity (Wildman–Crippen MR) is 36.6 cm³/mol. The summed E-state index contributed by atoms with van der Waals surface area (Å²) >= 11 is 0. The average Bonchev–Trinajstić information content (AvgIpc) is 2.06. The zero-order valence-corrected chi connectivity index (χ0v) is 5.41. The van der Waals surface area contributed by atoms with Crippen LogP contribution in [-0.4, -0.2) is 0 Å². The Bertz CT molecular complexity index is 246. The van der Waals surface area contributed by atoms with Crippen molar-refractivity contribution in [3.05, 3.63) is 24.3 Å². The molecule has 0 aromatic rings. The molecular formula is C8H6N2. The Hall–Kier alpha value is -1.54. The summed E-state index contributed by atoms with van der Waals surface area (Å²) in [6.45, 7) is 0. The standard InChI is InChI=1S/C8H6N2/c9-6-8(7-10)4-2-1-3-5-8/h1-4H,5H2. The first-order valence-corrected chi connectivity index (χ1v) is 3.00. The largest absolute Gasteiger partial charge is 0.196 e. The van der Waals surface area contributed by atoms with Gasteiger partial charge in [-0.1, -0.05) is 18.2 Å².